The average Bonchev–Trinajstić information content (AvgIpc) is 3.03. The first-order chi connectivity index (χ1) is 10.3. The highest BCUT2D eigenvalue weighted by molar-refractivity contribution is 7.89. The summed E-state index contributed by atoms with van der Waals surface area (Å²) in [6, 6.07) is -0.678. The number of ether oxygens (including phenoxy) is 1. The van der Waals surface area contributed by atoms with Gasteiger partial charge in [-0.1, -0.05) is 10.3 Å². The summed E-state index contributed by atoms with van der Waals surface area (Å²) in [4.78, 5) is 4.16. The van der Waals surface area contributed by atoms with Crippen molar-refractivity contribution in [2.75, 3.05) is 13.7 Å². The highest BCUT2D eigenvalue weighted by Crippen LogP contribution is 2.21. The Morgan fingerprint density at radius 2 is 2.00 bits per heavy atom. The largest absolute Gasteiger partial charge is 0.384 e. The van der Waals surface area contributed by atoms with Crippen LogP contribution in [0.4, 0.5) is 0 Å². The smallest absolute Gasteiger partial charge is 0.246 e. The maximum Gasteiger partial charge on any atom is 0.246 e. The Labute approximate surface area is 128 Å². The molecule has 0 saturated heterocycles. The van der Waals surface area contributed by atoms with Crippen molar-refractivity contribution in [3.05, 3.63) is 23.2 Å². The second-order valence-corrected chi connectivity index (χ2v) is 6.44. The minimum Gasteiger partial charge on any atom is -0.384 e. The number of aryl methyl sites for hydroxylation is 2. The molecule has 1 unspecified atom stereocenters. The molecule has 0 aliphatic carbocycles. The summed E-state index contributed by atoms with van der Waals surface area (Å²) >= 11 is 0. The first-order valence-electron chi connectivity index (χ1n) is 6.61. The molecule has 0 saturated carbocycles. The number of rotatable bonds is 7. The molecule has 2 aromatic heterocycles. The number of nitrogens with zero attached hydrogens (tertiary/aromatic N) is 3. The van der Waals surface area contributed by atoms with Crippen molar-refractivity contribution in [1.82, 2.24) is 20.0 Å². The van der Waals surface area contributed by atoms with E-state index in [1.54, 1.807) is 21.0 Å². The van der Waals surface area contributed by atoms with Crippen molar-refractivity contribution in [1.29, 1.82) is 0 Å². The van der Waals surface area contributed by atoms with Crippen LogP contribution in [0.25, 0.3) is 0 Å². The minimum atomic E-state index is -3.79. The van der Waals surface area contributed by atoms with E-state index in [9.17, 15) is 8.42 Å². The van der Waals surface area contributed by atoms with Gasteiger partial charge in [0, 0.05) is 13.5 Å². The van der Waals surface area contributed by atoms with Crippen LogP contribution in [-0.2, 0) is 21.2 Å². The first kappa shape index (κ1) is 16.6. The second kappa shape index (κ2) is 6.55. The molecule has 0 aliphatic heterocycles. The minimum absolute atomic E-state index is 0.0264. The van der Waals surface area contributed by atoms with Gasteiger partial charge in [0.2, 0.25) is 15.9 Å². The zero-order valence-corrected chi connectivity index (χ0v) is 13.6. The predicted octanol–water partition coefficient (Wildman–Crippen LogP) is 0.903. The van der Waals surface area contributed by atoms with Gasteiger partial charge in [-0.05, 0) is 20.8 Å². The fourth-order valence-corrected chi connectivity index (χ4v) is 3.46. The topological polar surface area (TPSA) is 120 Å². The molecule has 0 bridgehead atoms. The van der Waals surface area contributed by atoms with Crippen molar-refractivity contribution in [2.45, 2.75) is 38.1 Å². The van der Waals surface area contributed by atoms with Crippen molar-refractivity contribution in [3.63, 3.8) is 0 Å². The molecular formula is C12H18N4O5S. The Balaban J connectivity index is 2.14. The second-order valence-electron chi connectivity index (χ2n) is 4.79. The molecule has 2 rings (SSSR count). The molecule has 0 radical (unpaired) electrons. The van der Waals surface area contributed by atoms with Crippen LogP contribution in [0.1, 0.15) is 36.1 Å². The Hall–Kier alpha value is -1.78. The van der Waals surface area contributed by atoms with Crippen LogP contribution >= 0.6 is 0 Å². The van der Waals surface area contributed by atoms with Crippen LogP contribution < -0.4 is 4.72 Å². The number of methoxy groups -OCH3 is 1. The Bertz CT molecular complexity index is 717. The van der Waals surface area contributed by atoms with Gasteiger partial charge in [-0.25, -0.2) is 8.42 Å². The molecule has 1 atom stereocenters. The Kier molecular flexibility index (Phi) is 4.94. The van der Waals surface area contributed by atoms with E-state index >= 15 is 0 Å². The molecule has 0 spiro atoms. The molecule has 0 aromatic carbocycles. The van der Waals surface area contributed by atoms with Gasteiger partial charge < -0.3 is 13.8 Å². The molecule has 0 aliphatic rings. The molecule has 122 valence electrons. The van der Waals surface area contributed by atoms with Crippen molar-refractivity contribution in [2.24, 2.45) is 0 Å². The maximum absolute atomic E-state index is 12.4. The number of sulfonamides is 1. The van der Waals surface area contributed by atoms with Crippen molar-refractivity contribution < 1.29 is 22.2 Å². The molecule has 10 heteroatoms. The summed E-state index contributed by atoms with van der Waals surface area (Å²) in [5.41, 5.74) is 0.295. The van der Waals surface area contributed by atoms with Gasteiger partial charge in [0.05, 0.1) is 12.6 Å². The molecule has 0 fully saturated rings. The Morgan fingerprint density at radius 1 is 1.27 bits per heavy atom. The monoisotopic (exact) mass is 330 g/mol. The Morgan fingerprint density at radius 3 is 2.59 bits per heavy atom. The van der Waals surface area contributed by atoms with Crippen molar-refractivity contribution in [3.8, 4) is 0 Å². The fraction of sp³-hybridized carbons (Fsp3) is 0.583. The van der Waals surface area contributed by atoms with Gasteiger partial charge in [0.15, 0.2) is 11.6 Å². The van der Waals surface area contributed by atoms with E-state index in [-0.39, 0.29) is 16.5 Å². The van der Waals surface area contributed by atoms with Gasteiger partial charge in [-0.2, -0.15) is 9.71 Å². The number of hydrogen-bond donors (Lipinski definition) is 1. The van der Waals surface area contributed by atoms with E-state index < -0.39 is 16.1 Å². The summed E-state index contributed by atoms with van der Waals surface area (Å²) < 4.78 is 42.1. The van der Waals surface area contributed by atoms with E-state index in [0.717, 1.165) is 0 Å². The third-order valence-corrected chi connectivity index (χ3v) is 4.74. The lowest BCUT2D eigenvalue weighted by atomic mass is 10.3. The van der Waals surface area contributed by atoms with E-state index in [4.69, 9.17) is 13.8 Å². The standard InChI is InChI=1S/C12H18N4O5S/c1-7-11(9(3)20-14-7)22(17,18)16-8(2)12-13-10(15-21-12)5-6-19-4/h8,16H,5-6H2,1-4H3. The molecule has 22 heavy (non-hydrogen) atoms. The van der Waals surface area contributed by atoms with E-state index in [1.807, 2.05) is 0 Å². The third kappa shape index (κ3) is 3.51. The van der Waals surface area contributed by atoms with Gasteiger partial charge >= 0.3 is 0 Å². The zero-order chi connectivity index (χ0) is 16.3. The average molecular weight is 330 g/mol. The normalized spacial score (nSPS) is 13.5. The predicted molar refractivity (Wildman–Crippen MR) is 74.6 cm³/mol. The quantitative estimate of drug-likeness (QED) is 0.795. The van der Waals surface area contributed by atoms with Gasteiger partial charge in [0.1, 0.15) is 10.6 Å². The fourth-order valence-electron chi connectivity index (χ4n) is 1.94. The van der Waals surface area contributed by atoms with E-state index in [1.165, 1.54) is 6.92 Å². The van der Waals surface area contributed by atoms with Crippen LogP contribution in [-0.4, -0.2) is 37.4 Å². The van der Waals surface area contributed by atoms with Gasteiger partial charge in [0.25, 0.3) is 0 Å². The van der Waals surface area contributed by atoms with Crippen LogP contribution in [0.3, 0.4) is 0 Å². The highest BCUT2D eigenvalue weighted by Gasteiger charge is 2.28. The maximum atomic E-state index is 12.4. The van der Waals surface area contributed by atoms with Crippen LogP contribution in [0.15, 0.2) is 13.9 Å². The SMILES string of the molecule is COCCc1noc(C(C)NS(=O)(=O)c2c(C)noc2C)n1. The molecule has 2 aromatic rings. The lowest BCUT2D eigenvalue weighted by molar-refractivity contribution is 0.199. The molecule has 1 N–H and O–H groups in total. The molecule has 0 amide bonds. The summed E-state index contributed by atoms with van der Waals surface area (Å²) in [6.07, 6.45) is 0.489. The van der Waals surface area contributed by atoms with Crippen LogP contribution in [0.5, 0.6) is 0 Å². The lowest BCUT2D eigenvalue weighted by Gasteiger charge is -2.09. The number of aromatic nitrogens is 3. The van der Waals surface area contributed by atoms with Gasteiger partial charge in [-0.15, -0.1) is 0 Å². The van der Waals surface area contributed by atoms with Crippen LogP contribution in [0, 0.1) is 13.8 Å². The number of hydrogen-bond acceptors (Lipinski definition) is 8. The lowest BCUT2D eigenvalue weighted by Crippen LogP contribution is -2.28. The van der Waals surface area contributed by atoms with Crippen LogP contribution in [0.2, 0.25) is 0 Å². The summed E-state index contributed by atoms with van der Waals surface area (Å²) in [6.45, 7) is 5.17. The van der Waals surface area contributed by atoms with Gasteiger partial charge in [-0.3, -0.25) is 0 Å². The zero-order valence-electron chi connectivity index (χ0n) is 12.8. The summed E-state index contributed by atoms with van der Waals surface area (Å²) in [7, 11) is -2.22. The van der Waals surface area contributed by atoms with Crippen molar-refractivity contribution >= 4 is 10.0 Å². The van der Waals surface area contributed by atoms with E-state index in [0.29, 0.717) is 24.5 Å². The number of nitrogens with one attached hydrogen (secondary N) is 1. The summed E-state index contributed by atoms with van der Waals surface area (Å²) in [5, 5.41) is 7.41. The molecule has 9 nitrogen and oxygen atoms in total. The molecular weight excluding hydrogens is 312 g/mol. The third-order valence-electron chi connectivity index (χ3n) is 2.95. The first-order valence-corrected chi connectivity index (χ1v) is 8.10. The highest BCUT2D eigenvalue weighted by atomic mass is 32.2. The summed E-state index contributed by atoms with van der Waals surface area (Å²) in [5.74, 6) is 0.866. The molecule has 2 heterocycles. The van der Waals surface area contributed by atoms with E-state index in [2.05, 4.69) is 20.0 Å².